The number of pyridine rings is 1. The van der Waals surface area contributed by atoms with Gasteiger partial charge in [0.2, 0.25) is 5.88 Å². The number of hydrogen-bond donors (Lipinski definition) is 0. The van der Waals surface area contributed by atoms with Crippen LogP contribution in [-0.4, -0.2) is 76.4 Å². The van der Waals surface area contributed by atoms with Crippen molar-refractivity contribution in [3.63, 3.8) is 0 Å². The number of amides is 1. The Labute approximate surface area is 188 Å². The normalized spacial score (nSPS) is 15.3. The second-order valence-corrected chi connectivity index (χ2v) is 8.82. The summed E-state index contributed by atoms with van der Waals surface area (Å²) < 4.78 is 13.5. The van der Waals surface area contributed by atoms with E-state index in [-0.39, 0.29) is 5.91 Å². The smallest absolute Gasteiger partial charge is 0.266 e. The van der Waals surface area contributed by atoms with Crippen LogP contribution in [0, 0.1) is 0 Å². The van der Waals surface area contributed by atoms with E-state index < -0.39 is 5.60 Å². The molecule has 0 unspecified atom stereocenters. The van der Waals surface area contributed by atoms with Crippen molar-refractivity contribution in [2.75, 3.05) is 40.3 Å². The number of methoxy groups -OCH3 is 1. The molecule has 0 saturated carbocycles. The van der Waals surface area contributed by atoms with Crippen LogP contribution in [0.1, 0.15) is 25.0 Å². The number of benzene rings is 1. The number of nitrogens with zero attached hydrogens (tertiary/aromatic N) is 5. The Morgan fingerprint density at radius 1 is 1.12 bits per heavy atom. The van der Waals surface area contributed by atoms with Crippen molar-refractivity contribution >= 4 is 16.8 Å². The maximum absolute atomic E-state index is 13.3. The zero-order valence-corrected chi connectivity index (χ0v) is 19.2. The Morgan fingerprint density at radius 3 is 2.59 bits per heavy atom. The highest BCUT2D eigenvalue weighted by Gasteiger charge is 2.36. The molecule has 0 N–H and O–H groups in total. The van der Waals surface area contributed by atoms with Gasteiger partial charge in [0.15, 0.2) is 5.60 Å². The lowest BCUT2D eigenvalue weighted by atomic mass is 10.1. The molecule has 1 amide bonds. The van der Waals surface area contributed by atoms with Crippen LogP contribution in [0.3, 0.4) is 0 Å². The zero-order chi connectivity index (χ0) is 22.7. The number of hydrogen-bond acceptors (Lipinski definition) is 6. The van der Waals surface area contributed by atoms with Gasteiger partial charge in [-0.15, -0.1) is 5.10 Å². The summed E-state index contributed by atoms with van der Waals surface area (Å²) in [7, 11) is 3.74. The van der Waals surface area contributed by atoms with Gasteiger partial charge < -0.3 is 19.3 Å². The first-order valence-electron chi connectivity index (χ1n) is 10.9. The minimum Gasteiger partial charge on any atom is -0.460 e. The summed E-state index contributed by atoms with van der Waals surface area (Å²) in [5.41, 5.74) is 1.96. The van der Waals surface area contributed by atoms with Gasteiger partial charge in [-0.2, -0.15) is 0 Å². The molecule has 2 aromatic heterocycles. The van der Waals surface area contributed by atoms with Gasteiger partial charge in [-0.05, 0) is 50.2 Å². The van der Waals surface area contributed by atoms with Gasteiger partial charge in [0, 0.05) is 45.7 Å². The van der Waals surface area contributed by atoms with E-state index in [4.69, 9.17) is 14.6 Å². The molecule has 0 radical (unpaired) electrons. The Hall–Kier alpha value is -2.97. The van der Waals surface area contributed by atoms with Crippen LogP contribution in [0.25, 0.3) is 10.9 Å². The number of carbonyl (C=O) groups excluding carboxylic acids is 1. The number of rotatable bonds is 7. The third-order valence-electron chi connectivity index (χ3n) is 5.80. The largest absolute Gasteiger partial charge is 0.460 e. The number of fused-ring (bicyclic) bond motifs is 1. The molecule has 1 saturated heterocycles. The lowest BCUT2D eigenvalue weighted by Crippen LogP contribution is -2.55. The molecule has 0 atom stereocenters. The lowest BCUT2D eigenvalue weighted by Gasteiger charge is -2.37. The van der Waals surface area contributed by atoms with Crippen LogP contribution in [0.15, 0.2) is 42.7 Å². The second-order valence-electron chi connectivity index (χ2n) is 8.82. The van der Waals surface area contributed by atoms with E-state index >= 15 is 0 Å². The van der Waals surface area contributed by atoms with Crippen LogP contribution >= 0.6 is 0 Å². The highest BCUT2D eigenvalue weighted by Crippen LogP contribution is 2.30. The van der Waals surface area contributed by atoms with E-state index in [2.05, 4.69) is 16.9 Å². The molecular formula is C24H31N5O3. The first kappa shape index (κ1) is 22.2. The molecule has 170 valence electrons. The standard InChI is InChI=1S/C24H31N5O3/c1-24(2,23(30)28-12-10-27(3)11-13-28)32-22-20-14-18(17-31-4)7-8-21(20)29(26-22)16-19-6-5-9-25-15-19/h5-9,14-15H,10-13,16-17H2,1-4H3. The van der Waals surface area contributed by atoms with Gasteiger partial charge in [-0.1, -0.05) is 12.1 Å². The predicted octanol–water partition coefficient (Wildman–Crippen LogP) is 2.56. The molecule has 3 aromatic rings. The van der Waals surface area contributed by atoms with E-state index in [0.29, 0.717) is 32.1 Å². The summed E-state index contributed by atoms with van der Waals surface area (Å²) >= 11 is 0. The number of piperazine rings is 1. The van der Waals surface area contributed by atoms with Gasteiger partial charge in [0.25, 0.3) is 5.91 Å². The van der Waals surface area contributed by atoms with Gasteiger partial charge in [-0.3, -0.25) is 14.5 Å². The number of aromatic nitrogens is 3. The van der Waals surface area contributed by atoms with E-state index in [1.165, 1.54) is 0 Å². The third kappa shape index (κ3) is 4.76. The molecule has 3 heterocycles. The number of ether oxygens (including phenoxy) is 2. The third-order valence-corrected chi connectivity index (χ3v) is 5.80. The SMILES string of the molecule is COCc1ccc2c(c1)c(OC(C)(C)C(=O)N1CCN(C)CC1)nn2Cc1cccnc1. The van der Waals surface area contributed by atoms with E-state index in [1.54, 1.807) is 13.3 Å². The molecule has 1 aliphatic rings. The highest BCUT2D eigenvalue weighted by atomic mass is 16.5. The lowest BCUT2D eigenvalue weighted by molar-refractivity contribution is -0.147. The highest BCUT2D eigenvalue weighted by molar-refractivity contribution is 5.88. The van der Waals surface area contributed by atoms with Crippen molar-refractivity contribution in [1.29, 1.82) is 0 Å². The van der Waals surface area contributed by atoms with Crippen molar-refractivity contribution in [2.24, 2.45) is 0 Å². The maximum Gasteiger partial charge on any atom is 0.266 e. The van der Waals surface area contributed by atoms with Crippen LogP contribution in [0.5, 0.6) is 5.88 Å². The van der Waals surface area contributed by atoms with Crippen LogP contribution in [-0.2, 0) is 22.7 Å². The second kappa shape index (κ2) is 9.26. The van der Waals surface area contributed by atoms with Crippen molar-refractivity contribution in [3.8, 4) is 5.88 Å². The predicted molar refractivity (Wildman–Crippen MR) is 123 cm³/mol. The molecule has 1 aliphatic heterocycles. The molecule has 1 fully saturated rings. The topological polar surface area (TPSA) is 72.7 Å². The fraction of sp³-hybridized carbons (Fsp3) is 0.458. The van der Waals surface area contributed by atoms with Crippen molar-refractivity contribution < 1.29 is 14.3 Å². The Kier molecular flexibility index (Phi) is 6.43. The summed E-state index contributed by atoms with van der Waals surface area (Å²) in [4.78, 5) is 21.6. The summed E-state index contributed by atoms with van der Waals surface area (Å²) in [6, 6.07) is 10.00. The number of likely N-dealkylation sites (N-methyl/N-ethyl adjacent to an activating group) is 1. The summed E-state index contributed by atoms with van der Waals surface area (Å²) in [6.07, 6.45) is 3.58. The van der Waals surface area contributed by atoms with Crippen LogP contribution in [0.2, 0.25) is 0 Å². The Bertz CT molecular complexity index is 1070. The molecule has 0 aliphatic carbocycles. The van der Waals surface area contributed by atoms with Gasteiger partial charge in [0.1, 0.15) is 0 Å². The molecule has 32 heavy (non-hydrogen) atoms. The van der Waals surface area contributed by atoms with Gasteiger partial charge in [0.05, 0.1) is 24.1 Å². The van der Waals surface area contributed by atoms with E-state index in [1.807, 2.05) is 60.0 Å². The molecular weight excluding hydrogens is 406 g/mol. The van der Waals surface area contributed by atoms with Crippen molar-refractivity contribution in [3.05, 3.63) is 53.9 Å². The average Bonchev–Trinajstić information content (AvgIpc) is 3.10. The Balaban J connectivity index is 1.65. The number of carbonyl (C=O) groups is 1. The Morgan fingerprint density at radius 2 is 1.91 bits per heavy atom. The quantitative estimate of drug-likeness (QED) is 0.566. The summed E-state index contributed by atoms with van der Waals surface area (Å²) in [6.45, 7) is 7.83. The zero-order valence-electron chi connectivity index (χ0n) is 19.2. The minimum atomic E-state index is -1.03. The molecule has 8 nitrogen and oxygen atoms in total. The molecule has 4 rings (SSSR count). The van der Waals surface area contributed by atoms with E-state index in [9.17, 15) is 4.79 Å². The summed E-state index contributed by atoms with van der Waals surface area (Å²) in [5, 5.41) is 5.62. The molecule has 0 bridgehead atoms. The van der Waals surface area contributed by atoms with Crippen LogP contribution in [0.4, 0.5) is 0 Å². The van der Waals surface area contributed by atoms with Crippen molar-refractivity contribution in [1.82, 2.24) is 24.6 Å². The molecule has 0 spiro atoms. The van der Waals surface area contributed by atoms with E-state index in [0.717, 1.165) is 35.1 Å². The molecule has 8 heteroatoms. The first-order chi connectivity index (χ1) is 15.4. The molecule has 1 aromatic carbocycles. The summed E-state index contributed by atoms with van der Waals surface area (Å²) in [5.74, 6) is 0.433. The average molecular weight is 438 g/mol. The van der Waals surface area contributed by atoms with Crippen LogP contribution < -0.4 is 4.74 Å². The van der Waals surface area contributed by atoms with Crippen molar-refractivity contribution in [2.45, 2.75) is 32.6 Å². The van der Waals surface area contributed by atoms with Gasteiger partial charge in [-0.25, -0.2) is 0 Å². The first-order valence-corrected chi connectivity index (χ1v) is 10.9. The minimum absolute atomic E-state index is 0.0198. The van der Waals surface area contributed by atoms with Gasteiger partial charge >= 0.3 is 0 Å². The fourth-order valence-corrected chi connectivity index (χ4v) is 3.99. The maximum atomic E-state index is 13.3. The monoisotopic (exact) mass is 437 g/mol. The fourth-order valence-electron chi connectivity index (χ4n) is 3.99.